The Morgan fingerprint density at radius 1 is 0.923 bits per heavy atom. The third-order valence-electron chi connectivity index (χ3n) is 4.19. The summed E-state index contributed by atoms with van der Waals surface area (Å²) in [4.78, 5) is 57.2. The first-order valence-corrected chi connectivity index (χ1v) is 13.8. The Kier molecular flexibility index (Phi) is 30.5. The van der Waals surface area contributed by atoms with Gasteiger partial charge >= 0.3 is 31.5 Å². The van der Waals surface area contributed by atoms with Gasteiger partial charge in [0, 0.05) is 23.5 Å². The Balaban J connectivity index is -0.000000225. The number of unbranched alkanes of at least 4 members (excludes halogenated alkanes) is 2. The van der Waals surface area contributed by atoms with Gasteiger partial charge in [-0.05, 0) is 31.8 Å². The van der Waals surface area contributed by atoms with E-state index in [1.807, 2.05) is 6.92 Å². The number of rotatable bonds is 15. The average molecular weight is 577 g/mol. The monoisotopic (exact) mass is 576 g/mol. The number of ether oxygens (including phenoxy) is 2. The van der Waals surface area contributed by atoms with Crippen LogP contribution < -0.4 is 0 Å². The van der Waals surface area contributed by atoms with E-state index >= 15 is 0 Å². The first-order valence-electron chi connectivity index (χ1n) is 12.2. The molecule has 4 N–H and O–H groups in total. The molecule has 0 aliphatic carbocycles. The quantitative estimate of drug-likeness (QED) is 0.0642. The first kappa shape index (κ1) is 42.8. The van der Waals surface area contributed by atoms with Crippen LogP contribution in [0.25, 0.3) is 0 Å². The number of carbonyl (C=O) groups excluding carboxylic acids is 2. The van der Waals surface area contributed by atoms with Crippen molar-refractivity contribution < 1.29 is 53.2 Å². The van der Waals surface area contributed by atoms with Crippen molar-refractivity contribution in [1.29, 1.82) is 0 Å². The summed E-state index contributed by atoms with van der Waals surface area (Å²) in [5.74, 6) is -1.82. The van der Waals surface area contributed by atoms with Gasteiger partial charge in [0.1, 0.15) is 0 Å². The van der Waals surface area contributed by atoms with E-state index in [0.717, 1.165) is 37.8 Å². The van der Waals surface area contributed by atoms with E-state index in [1.165, 1.54) is 25.8 Å². The summed E-state index contributed by atoms with van der Waals surface area (Å²) in [7, 11) is -3.88. The zero-order valence-corrected chi connectivity index (χ0v) is 24.4. The molecule has 0 saturated carbocycles. The molecule has 0 fully saturated rings. The Labute approximate surface area is 231 Å². The smallest absolute Gasteiger partial charge is 0.348 e. The summed E-state index contributed by atoms with van der Waals surface area (Å²) < 4.78 is 19.4. The highest BCUT2D eigenvalue weighted by molar-refractivity contribution is 7.55. The minimum atomic E-state index is -3.88. The van der Waals surface area contributed by atoms with Gasteiger partial charge < -0.3 is 29.5 Å². The molecule has 0 bridgehead atoms. The van der Waals surface area contributed by atoms with Crippen LogP contribution in [0.15, 0.2) is 61.5 Å². The Morgan fingerprint density at radius 2 is 1.41 bits per heavy atom. The van der Waals surface area contributed by atoms with Crippen LogP contribution in [0.1, 0.15) is 66.2 Å². The van der Waals surface area contributed by atoms with Gasteiger partial charge in [0.2, 0.25) is 0 Å². The Bertz CT molecular complexity index is 842. The summed E-state index contributed by atoms with van der Waals surface area (Å²) in [5.41, 5.74) is 0.221. The summed E-state index contributed by atoms with van der Waals surface area (Å²) in [6.45, 7) is 21.4. The molecule has 224 valence electrons. The summed E-state index contributed by atoms with van der Waals surface area (Å²) >= 11 is 0. The lowest BCUT2D eigenvalue weighted by Crippen LogP contribution is -2.12. The molecule has 12 heteroatoms. The molecule has 0 saturated heterocycles. The largest absolute Gasteiger partial charge is 0.478 e. The van der Waals surface area contributed by atoms with Crippen LogP contribution >= 0.6 is 7.60 Å². The lowest BCUT2D eigenvalue weighted by Gasteiger charge is -2.13. The predicted octanol–water partition coefficient (Wildman–Crippen LogP) is 5.41. The minimum absolute atomic E-state index is 0.0449. The molecule has 1 unspecified atom stereocenters. The van der Waals surface area contributed by atoms with Gasteiger partial charge in [0.15, 0.2) is 0 Å². The van der Waals surface area contributed by atoms with E-state index in [1.54, 1.807) is 0 Å². The molecule has 1 atom stereocenters. The molecule has 0 aromatic heterocycles. The molecular weight excluding hydrogens is 531 g/mol. The van der Waals surface area contributed by atoms with Gasteiger partial charge in [-0.25, -0.2) is 19.2 Å². The molecule has 11 nitrogen and oxygen atoms in total. The van der Waals surface area contributed by atoms with Gasteiger partial charge in [-0.3, -0.25) is 4.57 Å². The van der Waals surface area contributed by atoms with E-state index in [-0.39, 0.29) is 17.1 Å². The van der Waals surface area contributed by atoms with Crippen molar-refractivity contribution in [2.75, 3.05) is 13.2 Å². The molecule has 39 heavy (non-hydrogen) atoms. The van der Waals surface area contributed by atoms with Crippen molar-refractivity contribution in [2.45, 2.75) is 66.2 Å². The molecule has 0 spiro atoms. The number of aliphatic carboxylic acids is 2. The number of hydrogen-bond acceptors (Lipinski definition) is 7. The van der Waals surface area contributed by atoms with Gasteiger partial charge in [0.25, 0.3) is 0 Å². The number of carbonyl (C=O) groups is 4. The van der Waals surface area contributed by atoms with Crippen molar-refractivity contribution in [2.24, 2.45) is 5.92 Å². The second-order valence-corrected chi connectivity index (χ2v) is 9.34. The van der Waals surface area contributed by atoms with E-state index in [4.69, 9.17) is 29.5 Å². The highest BCUT2D eigenvalue weighted by atomic mass is 31.2. The highest BCUT2D eigenvalue weighted by Crippen LogP contribution is 2.34. The minimum Gasteiger partial charge on any atom is -0.478 e. The second kappa shape index (κ2) is 27.8. The highest BCUT2D eigenvalue weighted by Gasteiger charge is 2.07. The topological polar surface area (TPSA) is 185 Å². The maximum Gasteiger partial charge on any atom is 0.348 e. The molecule has 0 radical (unpaired) electrons. The average Bonchev–Trinajstić information content (AvgIpc) is 2.87. The van der Waals surface area contributed by atoms with Gasteiger partial charge in [0.05, 0.1) is 18.8 Å². The molecule has 0 heterocycles. The third kappa shape index (κ3) is 39.4. The number of esters is 2. The molecule has 0 aromatic rings. The summed E-state index contributed by atoms with van der Waals surface area (Å²) in [6, 6.07) is 0. The molecular formula is C27H45O11P. The summed E-state index contributed by atoms with van der Waals surface area (Å²) in [6.07, 6.45) is 9.55. The fourth-order valence-corrected chi connectivity index (χ4v) is 1.80. The van der Waals surface area contributed by atoms with Gasteiger partial charge in [-0.1, -0.05) is 72.8 Å². The van der Waals surface area contributed by atoms with E-state index < -0.39 is 25.5 Å². The third-order valence-corrected chi connectivity index (χ3v) is 4.67. The van der Waals surface area contributed by atoms with Crippen LogP contribution in [0.2, 0.25) is 0 Å². The van der Waals surface area contributed by atoms with Crippen LogP contribution in [0, 0.1) is 5.92 Å². The molecule has 0 aliphatic heterocycles. The van der Waals surface area contributed by atoms with Crippen LogP contribution in [-0.2, 0) is 33.2 Å². The van der Waals surface area contributed by atoms with Crippen molar-refractivity contribution in [1.82, 2.24) is 0 Å². The van der Waals surface area contributed by atoms with Gasteiger partial charge in [-0.2, -0.15) is 0 Å². The zero-order valence-electron chi connectivity index (χ0n) is 23.5. The fourth-order valence-electron chi connectivity index (χ4n) is 1.80. The SMILES string of the molecule is C=C(C)C(=O)O.C=C(C=CC(=O)O)C(=O)OCCCC.C=CC(=O)OCC(CC)CCCC.C=CP(=O)(O)O. The maximum absolute atomic E-state index is 11.1. The molecule has 0 aromatic carbocycles. The standard InChI is InChI=1S/C11H20O2.C10H14O4.C4H6O2.C2H5O3P/c1-4-7-8-10(5-2)9-13-11(12)6-3;1-3-4-7-14-10(13)8(2)5-6-9(11)12;1-3(2)4(5)6;1-2-6(3,4)5/h6,10H,3-5,7-9H2,1-2H3;5-6H,2-4,7H2,1H3,(H,11,12);1H2,2H3,(H,5,6);2H,1H2,(H2,3,4,5). The van der Waals surface area contributed by atoms with E-state index in [0.29, 0.717) is 24.9 Å². The lowest BCUT2D eigenvalue weighted by atomic mass is 10.0. The maximum atomic E-state index is 11.1. The lowest BCUT2D eigenvalue weighted by molar-refractivity contribution is -0.139. The number of hydrogen-bond donors (Lipinski definition) is 4. The van der Waals surface area contributed by atoms with Gasteiger partial charge in [-0.15, -0.1) is 0 Å². The predicted molar refractivity (Wildman–Crippen MR) is 151 cm³/mol. The van der Waals surface area contributed by atoms with Crippen LogP contribution in [0.5, 0.6) is 0 Å². The van der Waals surface area contributed by atoms with Crippen molar-refractivity contribution >= 4 is 31.5 Å². The molecule has 0 rings (SSSR count). The van der Waals surface area contributed by atoms with Crippen LogP contribution in [0.4, 0.5) is 0 Å². The fraction of sp³-hybridized carbons (Fsp3) is 0.481. The zero-order chi connectivity index (χ0) is 31.4. The van der Waals surface area contributed by atoms with Crippen LogP contribution in [0.3, 0.4) is 0 Å². The van der Waals surface area contributed by atoms with E-state index in [2.05, 4.69) is 40.2 Å². The van der Waals surface area contributed by atoms with Crippen molar-refractivity contribution in [3.63, 3.8) is 0 Å². The first-order chi connectivity index (χ1) is 18.0. The Hall–Kier alpha value is -3.27. The van der Waals surface area contributed by atoms with Crippen LogP contribution in [-0.4, -0.2) is 57.1 Å². The number of carboxylic acid groups (broad SMARTS) is 2. The summed E-state index contributed by atoms with van der Waals surface area (Å²) in [5, 5.41) is 16.2. The number of carboxylic acids is 2. The van der Waals surface area contributed by atoms with Crippen molar-refractivity contribution in [3.8, 4) is 0 Å². The van der Waals surface area contributed by atoms with E-state index in [9.17, 15) is 23.7 Å². The van der Waals surface area contributed by atoms with Crippen molar-refractivity contribution in [3.05, 3.63) is 61.5 Å². The second-order valence-electron chi connectivity index (χ2n) is 7.79. The molecule has 0 amide bonds. The Morgan fingerprint density at radius 3 is 1.74 bits per heavy atom. The normalized spacial score (nSPS) is 10.5. The molecule has 0 aliphatic rings.